The first-order valence-corrected chi connectivity index (χ1v) is 8.46. The zero-order valence-electron chi connectivity index (χ0n) is 12.6. The van der Waals surface area contributed by atoms with Crippen LogP contribution >= 0.6 is 11.8 Å². The predicted octanol–water partition coefficient (Wildman–Crippen LogP) is 4.51. The molecule has 22 heavy (non-hydrogen) atoms. The first kappa shape index (κ1) is 14.9. The molecule has 0 unspecified atom stereocenters. The Hall–Kier alpha value is -2.07. The molecule has 0 spiro atoms. The minimum absolute atomic E-state index is 0.823. The number of aromatic amines is 1. The van der Waals surface area contributed by atoms with E-state index in [4.69, 9.17) is 0 Å². The van der Waals surface area contributed by atoms with Crippen molar-refractivity contribution in [3.8, 4) is 11.4 Å². The third-order valence-corrected chi connectivity index (χ3v) is 4.41. The molecule has 2 aromatic carbocycles. The lowest BCUT2D eigenvalue weighted by molar-refractivity contribution is 0.921. The second-order valence-corrected chi connectivity index (χ2v) is 6.33. The zero-order valence-corrected chi connectivity index (χ0v) is 13.4. The molecule has 3 aromatic rings. The maximum atomic E-state index is 4.55. The number of rotatable bonds is 6. The quantitative estimate of drug-likeness (QED) is 0.538. The van der Waals surface area contributed by atoms with Crippen molar-refractivity contribution in [2.24, 2.45) is 0 Å². The number of hydrogen-bond acceptors (Lipinski definition) is 3. The number of nitrogens with one attached hydrogen (secondary N) is 1. The molecule has 3 nitrogen and oxygen atoms in total. The van der Waals surface area contributed by atoms with E-state index in [2.05, 4.69) is 76.7 Å². The van der Waals surface area contributed by atoms with Crippen LogP contribution in [0.25, 0.3) is 11.4 Å². The molecule has 3 rings (SSSR count). The number of aromatic nitrogens is 3. The van der Waals surface area contributed by atoms with Crippen molar-refractivity contribution >= 4 is 11.8 Å². The van der Waals surface area contributed by atoms with E-state index < -0.39 is 0 Å². The average Bonchev–Trinajstić information content (AvgIpc) is 3.02. The molecule has 1 N–H and O–H groups in total. The van der Waals surface area contributed by atoms with Gasteiger partial charge in [0.15, 0.2) is 5.82 Å². The van der Waals surface area contributed by atoms with Gasteiger partial charge in [-0.25, -0.2) is 4.98 Å². The molecule has 0 amide bonds. The van der Waals surface area contributed by atoms with E-state index >= 15 is 0 Å². The summed E-state index contributed by atoms with van der Waals surface area (Å²) in [6.45, 7) is 2.08. The van der Waals surface area contributed by atoms with Crippen LogP contribution in [0.3, 0.4) is 0 Å². The highest BCUT2D eigenvalue weighted by atomic mass is 32.2. The minimum atomic E-state index is 0.823. The first-order chi connectivity index (χ1) is 10.8. The number of nitrogens with zero attached hydrogens (tertiary/aromatic N) is 2. The highest BCUT2D eigenvalue weighted by Crippen LogP contribution is 2.20. The molecule has 0 aliphatic rings. The zero-order chi connectivity index (χ0) is 15.2. The van der Waals surface area contributed by atoms with Gasteiger partial charge in [0.2, 0.25) is 5.16 Å². The summed E-state index contributed by atoms with van der Waals surface area (Å²) < 4.78 is 0. The summed E-state index contributed by atoms with van der Waals surface area (Å²) in [5.41, 5.74) is 3.71. The van der Waals surface area contributed by atoms with Gasteiger partial charge in [0.25, 0.3) is 0 Å². The Bertz CT molecular complexity index is 705. The lowest BCUT2D eigenvalue weighted by Crippen LogP contribution is -1.88. The normalized spacial score (nSPS) is 10.8. The molecular formula is C18H19N3S. The predicted molar refractivity (Wildman–Crippen MR) is 92.0 cm³/mol. The largest absolute Gasteiger partial charge is 0.258 e. The first-order valence-electron chi connectivity index (χ1n) is 7.47. The molecule has 0 bridgehead atoms. The molecule has 0 radical (unpaired) electrons. The standard InChI is InChI=1S/C18H19N3S/c1-14-9-11-16(12-10-14)17-19-18(21-20-17)22-13-5-8-15-6-3-2-4-7-15/h2-4,6-7,9-12H,5,8,13H2,1H3,(H,19,20,21). The van der Waals surface area contributed by atoms with Gasteiger partial charge in [-0.2, -0.15) is 0 Å². The summed E-state index contributed by atoms with van der Waals surface area (Å²) in [4.78, 5) is 4.55. The maximum absolute atomic E-state index is 4.55. The maximum Gasteiger partial charge on any atom is 0.208 e. The fourth-order valence-electron chi connectivity index (χ4n) is 2.24. The number of thioether (sulfide) groups is 1. The fourth-order valence-corrected chi connectivity index (χ4v) is 2.97. The van der Waals surface area contributed by atoms with Crippen molar-refractivity contribution in [2.45, 2.75) is 24.9 Å². The lowest BCUT2D eigenvalue weighted by Gasteiger charge is -1.99. The number of benzene rings is 2. The molecule has 0 aliphatic carbocycles. The summed E-state index contributed by atoms with van der Waals surface area (Å²) in [5, 5.41) is 8.13. The van der Waals surface area contributed by atoms with E-state index in [0.717, 1.165) is 35.1 Å². The van der Waals surface area contributed by atoms with Crippen molar-refractivity contribution in [1.82, 2.24) is 15.2 Å². The Labute approximate surface area is 135 Å². The van der Waals surface area contributed by atoms with Gasteiger partial charge >= 0.3 is 0 Å². The van der Waals surface area contributed by atoms with Gasteiger partial charge in [0, 0.05) is 11.3 Å². The van der Waals surface area contributed by atoms with Gasteiger partial charge in [-0.1, -0.05) is 71.9 Å². The molecule has 0 atom stereocenters. The summed E-state index contributed by atoms with van der Waals surface area (Å²) in [6, 6.07) is 18.9. The van der Waals surface area contributed by atoms with Crippen LogP contribution in [0.2, 0.25) is 0 Å². The fraction of sp³-hybridized carbons (Fsp3) is 0.222. The van der Waals surface area contributed by atoms with Crippen molar-refractivity contribution < 1.29 is 0 Å². The Morgan fingerprint density at radius 1 is 1.00 bits per heavy atom. The second-order valence-electron chi connectivity index (χ2n) is 5.27. The van der Waals surface area contributed by atoms with Crippen LogP contribution in [0.15, 0.2) is 59.8 Å². The van der Waals surface area contributed by atoms with Gasteiger partial charge < -0.3 is 0 Å². The minimum Gasteiger partial charge on any atom is -0.258 e. The van der Waals surface area contributed by atoms with E-state index in [9.17, 15) is 0 Å². The van der Waals surface area contributed by atoms with Crippen LogP contribution in [0.5, 0.6) is 0 Å². The van der Waals surface area contributed by atoms with Crippen LogP contribution in [-0.4, -0.2) is 20.9 Å². The van der Waals surface area contributed by atoms with Crippen LogP contribution in [-0.2, 0) is 6.42 Å². The Kier molecular flexibility index (Phi) is 4.91. The van der Waals surface area contributed by atoms with Crippen molar-refractivity contribution in [1.29, 1.82) is 0 Å². The molecule has 0 saturated carbocycles. The monoisotopic (exact) mass is 309 g/mol. The van der Waals surface area contributed by atoms with Gasteiger partial charge in [-0.05, 0) is 25.3 Å². The number of H-pyrrole nitrogens is 1. The average molecular weight is 309 g/mol. The Balaban J connectivity index is 1.50. The van der Waals surface area contributed by atoms with Crippen LogP contribution in [0.1, 0.15) is 17.5 Å². The molecule has 1 aromatic heterocycles. The summed E-state index contributed by atoms with van der Waals surface area (Å²) >= 11 is 1.70. The topological polar surface area (TPSA) is 41.6 Å². The smallest absolute Gasteiger partial charge is 0.208 e. The molecule has 1 heterocycles. The van der Waals surface area contributed by atoms with Crippen molar-refractivity contribution in [3.05, 3.63) is 65.7 Å². The summed E-state index contributed by atoms with van der Waals surface area (Å²) in [5.74, 6) is 1.87. The molecule has 0 fully saturated rings. The van der Waals surface area contributed by atoms with Gasteiger partial charge in [0.05, 0.1) is 0 Å². The Morgan fingerprint density at radius 2 is 1.77 bits per heavy atom. The molecular weight excluding hydrogens is 290 g/mol. The van der Waals surface area contributed by atoms with Crippen molar-refractivity contribution in [2.75, 3.05) is 5.75 Å². The van der Waals surface area contributed by atoms with Gasteiger partial charge in [-0.15, -0.1) is 5.10 Å². The van der Waals surface area contributed by atoms with E-state index in [1.54, 1.807) is 11.8 Å². The van der Waals surface area contributed by atoms with Crippen molar-refractivity contribution in [3.63, 3.8) is 0 Å². The van der Waals surface area contributed by atoms with Crippen LogP contribution in [0.4, 0.5) is 0 Å². The molecule has 112 valence electrons. The van der Waals surface area contributed by atoms with E-state index in [1.165, 1.54) is 11.1 Å². The summed E-state index contributed by atoms with van der Waals surface area (Å²) in [7, 11) is 0. The number of aryl methyl sites for hydroxylation is 2. The van der Waals surface area contributed by atoms with Gasteiger partial charge in [-0.3, -0.25) is 5.10 Å². The van der Waals surface area contributed by atoms with Gasteiger partial charge in [0.1, 0.15) is 0 Å². The second kappa shape index (κ2) is 7.27. The highest BCUT2D eigenvalue weighted by Gasteiger charge is 2.05. The molecule has 0 aliphatic heterocycles. The van der Waals surface area contributed by atoms with E-state index in [1.807, 2.05) is 0 Å². The van der Waals surface area contributed by atoms with Crippen LogP contribution in [0, 0.1) is 6.92 Å². The molecule has 0 saturated heterocycles. The molecule has 4 heteroatoms. The van der Waals surface area contributed by atoms with Crippen LogP contribution < -0.4 is 0 Å². The third-order valence-electron chi connectivity index (χ3n) is 3.47. The SMILES string of the molecule is Cc1ccc(-c2nc(SCCCc3ccccc3)n[nH]2)cc1. The summed E-state index contributed by atoms with van der Waals surface area (Å²) in [6.07, 6.45) is 2.23. The lowest BCUT2D eigenvalue weighted by atomic mass is 10.1. The number of hydrogen-bond donors (Lipinski definition) is 1. The third kappa shape index (κ3) is 3.98. The Morgan fingerprint density at radius 3 is 2.55 bits per heavy atom. The van der Waals surface area contributed by atoms with E-state index in [0.29, 0.717) is 0 Å². The highest BCUT2D eigenvalue weighted by molar-refractivity contribution is 7.99. The van der Waals surface area contributed by atoms with E-state index in [-0.39, 0.29) is 0 Å².